The van der Waals surface area contributed by atoms with Gasteiger partial charge in [-0.3, -0.25) is 0 Å². The van der Waals surface area contributed by atoms with Crippen molar-refractivity contribution in [1.29, 1.82) is 0 Å². The lowest BCUT2D eigenvalue weighted by molar-refractivity contribution is 0.464. The van der Waals surface area contributed by atoms with E-state index in [9.17, 15) is 0 Å². The number of hydrogen-bond acceptors (Lipinski definition) is 2. The van der Waals surface area contributed by atoms with Crippen LogP contribution in [0.1, 0.15) is 95.2 Å². The van der Waals surface area contributed by atoms with E-state index in [1.54, 1.807) is 0 Å². The van der Waals surface area contributed by atoms with E-state index in [-0.39, 0.29) is 0 Å². The van der Waals surface area contributed by atoms with Crippen LogP contribution in [0.5, 0.6) is 0 Å². The van der Waals surface area contributed by atoms with Crippen molar-refractivity contribution in [2.24, 2.45) is 0 Å². The van der Waals surface area contributed by atoms with Crippen LogP contribution in [-0.2, 0) is 0 Å². The second-order valence-corrected chi connectivity index (χ2v) is 7.02. The fourth-order valence-corrected chi connectivity index (χ4v) is 3.80. The molecule has 1 heterocycles. The Kier molecular flexibility index (Phi) is 10.9. The summed E-state index contributed by atoms with van der Waals surface area (Å²) in [6, 6.07) is 0.580. The van der Waals surface area contributed by atoms with Gasteiger partial charge in [-0.2, -0.15) is 11.3 Å². The molecule has 1 unspecified atom stereocenters. The lowest BCUT2D eigenvalue weighted by Gasteiger charge is -2.19. The third kappa shape index (κ3) is 8.01. The minimum atomic E-state index is 0.580. The highest BCUT2D eigenvalue weighted by Gasteiger charge is 2.13. The molecule has 1 nitrogen and oxygen atoms in total. The van der Waals surface area contributed by atoms with Gasteiger partial charge in [0.15, 0.2) is 0 Å². The highest BCUT2D eigenvalue weighted by molar-refractivity contribution is 7.08. The maximum absolute atomic E-state index is 3.74. The zero-order valence-corrected chi connectivity index (χ0v) is 15.2. The van der Waals surface area contributed by atoms with Gasteiger partial charge in [-0.15, -0.1) is 0 Å². The SMILES string of the molecule is CCCCCCCCCCC(NCCC)c1cscc1C. The van der Waals surface area contributed by atoms with Crippen molar-refractivity contribution < 1.29 is 0 Å². The minimum Gasteiger partial charge on any atom is -0.310 e. The van der Waals surface area contributed by atoms with Crippen molar-refractivity contribution in [2.75, 3.05) is 6.54 Å². The van der Waals surface area contributed by atoms with E-state index in [0.29, 0.717) is 6.04 Å². The smallest absolute Gasteiger partial charge is 0.0331 e. The zero-order chi connectivity index (χ0) is 15.3. The van der Waals surface area contributed by atoms with Gasteiger partial charge in [-0.05, 0) is 48.2 Å². The molecule has 0 aliphatic carbocycles. The van der Waals surface area contributed by atoms with E-state index < -0.39 is 0 Å². The van der Waals surface area contributed by atoms with Crippen molar-refractivity contribution in [3.8, 4) is 0 Å². The largest absolute Gasteiger partial charge is 0.310 e. The first kappa shape index (κ1) is 18.7. The lowest BCUT2D eigenvalue weighted by atomic mass is 9.99. The maximum Gasteiger partial charge on any atom is 0.0331 e. The van der Waals surface area contributed by atoms with E-state index in [2.05, 4.69) is 36.8 Å². The Morgan fingerprint density at radius 1 is 0.905 bits per heavy atom. The third-order valence-electron chi connectivity index (χ3n) is 4.26. The molecule has 0 saturated carbocycles. The summed E-state index contributed by atoms with van der Waals surface area (Å²) in [5.74, 6) is 0. The number of hydrogen-bond donors (Lipinski definition) is 1. The Bertz CT molecular complexity index is 345. The van der Waals surface area contributed by atoms with Crippen LogP contribution in [0.25, 0.3) is 0 Å². The van der Waals surface area contributed by atoms with Crippen LogP contribution in [0.3, 0.4) is 0 Å². The number of rotatable bonds is 13. The molecule has 0 fully saturated rings. The molecule has 0 aliphatic rings. The second-order valence-electron chi connectivity index (χ2n) is 6.28. The van der Waals surface area contributed by atoms with Crippen LogP contribution >= 0.6 is 11.3 Å². The normalized spacial score (nSPS) is 12.7. The van der Waals surface area contributed by atoms with Crippen LogP contribution in [0.2, 0.25) is 0 Å². The fourth-order valence-electron chi connectivity index (χ4n) is 2.90. The highest BCUT2D eigenvalue weighted by atomic mass is 32.1. The first-order chi connectivity index (χ1) is 10.3. The van der Waals surface area contributed by atoms with Crippen LogP contribution in [0, 0.1) is 6.92 Å². The molecular weight excluding hydrogens is 274 g/mol. The standard InChI is InChI=1S/C19H35NS/c1-4-6-7-8-9-10-11-12-13-19(20-14-5-2)18-16-21-15-17(18)3/h15-16,19-20H,4-14H2,1-3H3. The van der Waals surface area contributed by atoms with Gasteiger partial charge in [0.25, 0.3) is 0 Å². The predicted molar refractivity (Wildman–Crippen MR) is 97.3 cm³/mol. The summed E-state index contributed by atoms with van der Waals surface area (Å²) in [6.07, 6.45) is 13.8. The average Bonchev–Trinajstić information content (AvgIpc) is 2.91. The summed E-state index contributed by atoms with van der Waals surface area (Å²) in [6.45, 7) is 7.92. The van der Waals surface area contributed by atoms with Crippen LogP contribution in [0.4, 0.5) is 0 Å². The van der Waals surface area contributed by atoms with Crippen molar-refractivity contribution in [1.82, 2.24) is 5.32 Å². The molecule has 21 heavy (non-hydrogen) atoms. The lowest BCUT2D eigenvalue weighted by Crippen LogP contribution is -2.22. The molecule has 1 aromatic heterocycles. The predicted octanol–water partition coefficient (Wildman–Crippen LogP) is 6.63. The van der Waals surface area contributed by atoms with Crippen molar-refractivity contribution in [3.05, 3.63) is 21.9 Å². The topological polar surface area (TPSA) is 12.0 Å². The average molecular weight is 310 g/mol. The van der Waals surface area contributed by atoms with Crippen molar-refractivity contribution in [2.45, 2.75) is 91.0 Å². The van der Waals surface area contributed by atoms with Crippen LogP contribution in [-0.4, -0.2) is 6.54 Å². The molecule has 0 radical (unpaired) electrons. The molecule has 0 spiro atoms. The van der Waals surface area contributed by atoms with Crippen LogP contribution in [0.15, 0.2) is 10.8 Å². The third-order valence-corrected chi connectivity index (χ3v) is 5.14. The Hall–Kier alpha value is -0.340. The van der Waals surface area contributed by atoms with Gasteiger partial charge in [0.05, 0.1) is 0 Å². The van der Waals surface area contributed by atoms with E-state index in [4.69, 9.17) is 0 Å². The Labute approximate surface area is 136 Å². The summed E-state index contributed by atoms with van der Waals surface area (Å²) < 4.78 is 0. The Morgan fingerprint density at radius 2 is 1.57 bits per heavy atom. The van der Waals surface area contributed by atoms with E-state index in [1.807, 2.05) is 11.3 Å². The van der Waals surface area contributed by atoms with Gasteiger partial charge in [-0.1, -0.05) is 65.2 Å². The summed E-state index contributed by atoms with van der Waals surface area (Å²) >= 11 is 1.84. The maximum atomic E-state index is 3.74. The molecule has 1 N–H and O–H groups in total. The highest BCUT2D eigenvalue weighted by Crippen LogP contribution is 2.26. The zero-order valence-electron chi connectivity index (χ0n) is 14.4. The summed E-state index contributed by atoms with van der Waals surface area (Å²) in [4.78, 5) is 0. The molecule has 1 rings (SSSR count). The first-order valence-electron chi connectivity index (χ1n) is 9.05. The minimum absolute atomic E-state index is 0.580. The molecule has 0 aromatic carbocycles. The molecule has 2 heteroatoms. The summed E-state index contributed by atoms with van der Waals surface area (Å²) in [5.41, 5.74) is 3.00. The molecule has 0 saturated heterocycles. The first-order valence-corrected chi connectivity index (χ1v) is 9.99. The van der Waals surface area contributed by atoms with Gasteiger partial charge >= 0.3 is 0 Å². The van der Waals surface area contributed by atoms with E-state index in [0.717, 1.165) is 6.54 Å². The number of thiophene rings is 1. The molecule has 0 bridgehead atoms. The van der Waals surface area contributed by atoms with Crippen molar-refractivity contribution in [3.63, 3.8) is 0 Å². The monoisotopic (exact) mass is 309 g/mol. The van der Waals surface area contributed by atoms with Crippen LogP contribution < -0.4 is 5.32 Å². The summed E-state index contributed by atoms with van der Waals surface area (Å²) in [7, 11) is 0. The number of aryl methyl sites for hydroxylation is 1. The molecule has 0 amide bonds. The number of nitrogens with one attached hydrogen (secondary N) is 1. The summed E-state index contributed by atoms with van der Waals surface area (Å²) in [5, 5.41) is 8.36. The second kappa shape index (κ2) is 12.2. The molecule has 122 valence electrons. The molecule has 1 aromatic rings. The van der Waals surface area contributed by atoms with E-state index in [1.165, 1.54) is 75.3 Å². The Morgan fingerprint density at radius 3 is 2.14 bits per heavy atom. The van der Waals surface area contributed by atoms with Gasteiger partial charge in [0.1, 0.15) is 0 Å². The molecule has 0 aliphatic heterocycles. The van der Waals surface area contributed by atoms with Crippen molar-refractivity contribution >= 4 is 11.3 Å². The van der Waals surface area contributed by atoms with Gasteiger partial charge in [0, 0.05) is 6.04 Å². The quantitative estimate of drug-likeness (QED) is 0.403. The fraction of sp³-hybridized carbons (Fsp3) is 0.789. The molecular formula is C19H35NS. The van der Waals surface area contributed by atoms with Gasteiger partial charge in [0.2, 0.25) is 0 Å². The number of unbranched alkanes of at least 4 members (excludes halogenated alkanes) is 7. The van der Waals surface area contributed by atoms with Gasteiger partial charge in [-0.25, -0.2) is 0 Å². The Balaban J connectivity index is 2.20. The van der Waals surface area contributed by atoms with E-state index >= 15 is 0 Å². The van der Waals surface area contributed by atoms with Gasteiger partial charge < -0.3 is 5.32 Å². The molecule has 1 atom stereocenters.